The van der Waals surface area contributed by atoms with Crippen molar-refractivity contribution < 1.29 is 5.11 Å². The fourth-order valence-electron chi connectivity index (χ4n) is 2.46. The molecule has 0 amide bonds. The number of phenols is 1. The maximum atomic E-state index is 9.96. The molecular formula is C18H18N2O. The molecule has 0 spiro atoms. The van der Waals surface area contributed by atoms with Crippen LogP contribution in [0.25, 0.3) is 10.9 Å². The Morgan fingerprint density at radius 1 is 0.952 bits per heavy atom. The van der Waals surface area contributed by atoms with E-state index in [-0.39, 0.29) is 5.75 Å². The highest BCUT2D eigenvalue weighted by atomic mass is 16.3. The lowest BCUT2D eigenvalue weighted by Gasteiger charge is -2.22. The first-order valence-electron chi connectivity index (χ1n) is 7.15. The fraction of sp³-hybridized carbons (Fsp3) is 0.167. The minimum Gasteiger partial charge on any atom is -0.506 e. The second-order valence-corrected chi connectivity index (χ2v) is 5.02. The summed E-state index contributed by atoms with van der Waals surface area (Å²) in [5.74, 6) is 1.11. The molecule has 0 aliphatic carbocycles. The molecule has 1 aromatic heterocycles. The standard InChI is InChI=1S/C18H18N2O/c1-2-20(13-14-7-4-3-5-8-14)17-12-11-15-9-6-10-16(21)18(15)19-17/h3-12,21H,2,13H2,1H3. The monoisotopic (exact) mass is 278 g/mol. The van der Waals surface area contributed by atoms with E-state index in [1.807, 2.05) is 42.5 Å². The predicted molar refractivity (Wildman–Crippen MR) is 86.6 cm³/mol. The molecule has 1 N–H and O–H groups in total. The molecule has 0 aliphatic rings. The van der Waals surface area contributed by atoms with Gasteiger partial charge in [0.25, 0.3) is 0 Å². The SMILES string of the molecule is CCN(Cc1ccccc1)c1ccc2cccc(O)c2n1. The van der Waals surface area contributed by atoms with Gasteiger partial charge in [0.15, 0.2) is 0 Å². The number of para-hydroxylation sites is 1. The van der Waals surface area contributed by atoms with Gasteiger partial charge in [-0.15, -0.1) is 0 Å². The van der Waals surface area contributed by atoms with E-state index < -0.39 is 0 Å². The van der Waals surface area contributed by atoms with Crippen LogP contribution in [-0.4, -0.2) is 16.6 Å². The topological polar surface area (TPSA) is 36.4 Å². The molecule has 0 unspecified atom stereocenters. The van der Waals surface area contributed by atoms with Crippen LogP contribution in [0.4, 0.5) is 5.82 Å². The van der Waals surface area contributed by atoms with Crippen molar-refractivity contribution in [1.82, 2.24) is 4.98 Å². The quantitative estimate of drug-likeness (QED) is 0.784. The molecule has 3 aromatic rings. The zero-order valence-electron chi connectivity index (χ0n) is 12.0. The van der Waals surface area contributed by atoms with Gasteiger partial charge >= 0.3 is 0 Å². The van der Waals surface area contributed by atoms with E-state index in [1.165, 1.54) is 5.56 Å². The van der Waals surface area contributed by atoms with Gasteiger partial charge in [-0.1, -0.05) is 42.5 Å². The Kier molecular flexibility index (Phi) is 3.73. The number of anilines is 1. The van der Waals surface area contributed by atoms with Crippen LogP contribution in [-0.2, 0) is 6.54 Å². The summed E-state index contributed by atoms with van der Waals surface area (Å²) in [6, 6.07) is 19.8. The Bertz CT molecular complexity index is 741. The molecule has 0 aliphatic heterocycles. The maximum Gasteiger partial charge on any atom is 0.141 e. The van der Waals surface area contributed by atoms with E-state index in [0.717, 1.165) is 24.3 Å². The minimum atomic E-state index is 0.227. The molecule has 0 radical (unpaired) electrons. The summed E-state index contributed by atoms with van der Waals surface area (Å²) in [5.41, 5.74) is 1.90. The molecular weight excluding hydrogens is 260 g/mol. The van der Waals surface area contributed by atoms with Crippen molar-refractivity contribution in [3.63, 3.8) is 0 Å². The number of rotatable bonds is 4. The largest absolute Gasteiger partial charge is 0.506 e. The molecule has 3 heteroatoms. The number of pyridine rings is 1. The van der Waals surface area contributed by atoms with E-state index in [2.05, 4.69) is 28.9 Å². The smallest absolute Gasteiger partial charge is 0.141 e. The van der Waals surface area contributed by atoms with Gasteiger partial charge in [-0.3, -0.25) is 0 Å². The first-order valence-corrected chi connectivity index (χ1v) is 7.15. The summed E-state index contributed by atoms with van der Waals surface area (Å²) >= 11 is 0. The van der Waals surface area contributed by atoms with Crippen LogP contribution in [0, 0.1) is 0 Å². The molecule has 0 saturated carbocycles. The Morgan fingerprint density at radius 3 is 2.52 bits per heavy atom. The van der Waals surface area contributed by atoms with E-state index >= 15 is 0 Å². The number of hydrogen-bond donors (Lipinski definition) is 1. The lowest BCUT2D eigenvalue weighted by molar-refractivity contribution is 0.480. The highest BCUT2D eigenvalue weighted by Gasteiger charge is 2.09. The summed E-state index contributed by atoms with van der Waals surface area (Å²) < 4.78 is 0. The summed E-state index contributed by atoms with van der Waals surface area (Å²) in [5, 5.41) is 10.9. The van der Waals surface area contributed by atoms with Gasteiger partial charge in [0.1, 0.15) is 17.1 Å². The van der Waals surface area contributed by atoms with Crippen molar-refractivity contribution in [3.8, 4) is 5.75 Å². The Morgan fingerprint density at radius 2 is 1.76 bits per heavy atom. The van der Waals surface area contributed by atoms with Crippen LogP contribution in [0.1, 0.15) is 12.5 Å². The number of nitrogens with zero attached hydrogens (tertiary/aromatic N) is 2. The van der Waals surface area contributed by atoms with E-state index in [9.17, 15) is 5.11 Å². The number of phenolic OH excluding ortho intramolecular Hbond substituents is 1. The molecule has 0 fully saturated rings. The third-order valence-corrected chi connectivity index (χ3v) is 3.61. The molecule has 1 heterocycles. The lowest BCUT2D eigenvalue weighted by Crippen LogP contribution is -2.22. The predicted octanol–water partition coefficient (Wildman–Crippen LogP) is 3.97. The van der Waals surface area contributed by atoms with Crippen LogP contribution >= 0.6 is 0 Å². The summed E-state index contributed by atoms with van der Waals surface area (Å²) in [6.07, 6.45) is 0. The van der Waals surface area contributed by atoms with Gasteiger partial charge in [0, 0.05) is 18.5 Å². The zero-order chi connectivity index (χ0) is 14.7. The molecule has 106 valence electrons. The van der Waals surface area contributed by atoms with Crippen LogP contribution in [0.5, 0.6) is 5.75 Å². The van der Waals surface area contributed by atoms with Crippen molar-refractivity contribution in [2.75, 3.05) is 11.4 Å². The summed E-state index contributed by atoms with van der Waals surface area (Å²) in [6.45, 7) is 3.78. The first-order chi connectivity index (χ1) is 10.3. The highest BCUT2D eigenvalue weighted by molar-refractivity contribution is 5.85. The number of aromatic nitrogens is 1. The Balaban J connectivity index is 1.95. The highest BCUT2D eigenvalue weighted by Crippen LogP contribution is 2.25. The number of benzene rings is 2. The first kappa shape index (κ1) is 13.4. The fourth-order valence-corrected chi connectivity index (χ4v) is 2.46. The van der Waals surface area contributed by atoms with E-state index in [0.29, 0.717) is 5.52 Å². The van der Waals surface area contributed by atoms with Crippen molar-refractivity contribution in [3.05, 3.63) is 66.2 Å². The van der Waals surface area contributed by atoms with E-state index in [1.54, 1.807) is 6.07 Å². The van der Waals surface area contributed by atoms with Crippen LogP contribution < -0.4 is 4.90 Å². The third kappa shape index (κ3) is 2.82. The van der Waals surface area contributed by atoms with Crippen LogP contribution in [0.15, 0.2) is 60.7 Å². The number of fused-ring (bicyclic) bond motifs is 1. The summed E-state index contributed by atoms with van der Waals surface area (Å²) in [7, 11) is 0. The average molecular weight is 278 g/mol. The third-order valence-electron chi connectivity index (χ3n) is 3.61. The molecule has 21 heavy (non-hydrogen) atoms. The minimum absolute atomic E-state index is 0.227. The molecule has 0 bridgehead atoms. The number of aromatic hydroxyl groups is 1. The van der Waals surface area contributed by atoms with Crippen molar-refractivity contribution in [1.29, 1.82) is 0 Å². The molecule has 0 saturated heterocycles. The Hall–Kier alpha value is -2.55. The Labute approximate surface area is 124 Å². The van der Waals surface area contributed by atoms with Crippen molar-refractivity contribution in [2.45, 2.75) is 13.5 Å². The van der Waals surface area contributed by atoms with Gasteiger partial charge in [-0.05, 0) is 30.7 Å². The normalized spacial score (nSPS) is 10.7. The average Bonchev–Trinajstić information content (AvgIpc) is 2.54. The summed E-state index contributed by atoms with van der Waals surface area (Å²) in [4.78, 5) is 6.81. The second kappa shape index (κ2) is 5.83. The number of hydrogen-bond acceptors (Lipinski definition) is 3. The van der Waals surface area contributed by atoms with Gasteiger partial charge in [0.2, 0.25) is 0 Å². The van der Waals surface area contributed by atoms with Gasteiger partial charge in [0.05, 0.1) is 0 Å². The van der Waals surface area contributed by atoms with Gasteiger partial charge < -0.3 is 10.0 Å². The molecule has 3 rings (SSSR count). The van der Waals surface area contributed by atoms with Crippen molar-refractivity contribution in [2.24, 2.45) is 0 Å². The molecule has 2 aromatic carbocycles. The second-order valence-electron chi connectivity index (χ2n) is 5.02. The van der Waals surface area contributed by atoms with Gasteiger partial charge in [-0.25, -0.2) is 4.98 Å². The maximum absolute atomic E-state index is 9.96. The molecule has 3 nitrogen and oxygen atoms in total. The van der Waals surface area contributed by atoms with Crippen molar-refractivity contribution >= 4 is 16.7 Å². The lowest BCUT2D eigenvalue weighted by atomic mass is 10.2. The molecule has 0 atom stereocenters. The van der Waals surface area contributed by atoms with Crippen LogP contribution in [0.2, 0.25) is 0 Å². The van der Waals surface area contributed by atoms with Crippen LogP contribution in [0.3, 0.4) is 0 Å². The van der Waals surface area contributed by atoms with E-state index in [4.69, 9.17) is 0 Å². The van der Waals surface area contributed by atoms with Gasteiger partial charge in [-0.2, -0.15) is 0 Å². The zero-order valence-corrected chi connectivity index (χ0v) is 12.0.